The molecule has 0 aromatic heterocycles. The Kier molecular flexibility index (Phi) is 4.63. The number of hydrogen-bond donors (Lipinski definition) is 2. The zero-order valence-electron chi connectivity index (χ0n) is 13.6. The first-order valence-electron chi connectivity index (χ1n) is 7.89. The molecule has 1 aliphatic heterocycles. The van der Waals surface area contributed by atoms with Gasteiger partial charge in [-0.3, -0.25) is 4.79 Å². The average molecular weight is 310 g/mol. The number of rotatable bonds is 4. The van der Waals surface area contributed by atoms with E-state index >= 15 is 0 Å². The number of aryl methyl sites for hydroxylation is 1. The van der Waals surface area contributed by atoms with Gasteiger partial charge >= 0.3 is 0 Å². The Labute approximate surface area is 136 Å². The molecule has 0 saturated carbocycles. The van der Waals surface area contributed by atoms with Gasteiger partial charge < -0.3 is 15.4 Å². The lowest BCUT2D eigenvalue weighted by Gasteiger charge is -2.29. The van der Waals surface area contributed by atoms with Crippen molar-refractivity contribution in [2.24, 2.45) is 0 Å². The van der Waals surface area contributed by atoms with Gasteiger partial charge in [-0.05, 0) is 41.3 Å². The van der Waals surface area contributed by atoms with Crippen molar-refractivity contribution in [3.63, 3.8) is 0 Å². The normalized spacial score (nSPS) is 16.5. The summed E-state index contributed by atoms with van der Waals surface area (Å²) in [7, 11) is 1.64. The predicted octanol–water partition coefficient (Wildman–Crippen LogP) is 2.51. The summed E-state index contributed by atoms with van der Waals surface area (Å²) in [6.07, 6.45) is 0.377. The number of carbonyl (C=O) groups is 1. The van der Waals surface area contributed by atoms with Gasteiger partial charge in [0, 0.05) is 13.1 Å². The van der Waals surface area contributed by atoms with Crippen molar-refractivity contribution in [2.75, 3.05) is 13.7 Å². The van der Waals surface area contributed by atoms with Crippen molar-refractivity contribution in [2.45, 2.75) is 25.9 Å². The third kappa shape index (κ3) is 3.54. The molecule has 0 bridgehead atoms. The number of nitrogens with one attached hydrogen (secondary N) is 2. The summed E-state index contributed by atoms with van der Waals surface area (Å²) in [4.78, 5) is 12.4. The lowest BCUT2D eigenvalue weighted by Crippen LogP contribution is -2.40. The summed E-state index contributed by atoms with van der Waals surface area (Å²) in [5.41, 5.74) is 4.75. The second-order valence-electron chi connectivity index (χ2n) is 5.92. The molecule has 2 aromatic carbocycles. The summed E-state index contributed by atoms with van der Waals surface area (Å²) in [6.45, 7) is 3.74. The van der Waals surface area contributed by atoms with Gasteiger partial charge in [0.1, 0.15) is 5.75 Å². The largest absolute Gasteiger partial charge is 0.497 e. The molecule has 3 rings (SSSR count). The van der Waals surface area contributed by atoms with E-state index in [1.807, 2.05) is 24.3 Å². The van der Waals surface area contributed by atoms with Crippen LogP contribution in [0.25, 0.3) is 0 Å². The Bertz CT molecular complexity index is 695. The molecule has 4 heteroatoms. The summed E-state index contributed by atoms with van der Waals surface area (Å²) in [5, 5.41) is 6.53. The fourth-order valence-electron chi connectivity index (χ4n) is 3.14. The van der Waals surface area contributed by atoms with Gasteiger partial charge in [0.2, 0.25) is 5.91 Å². The van der Waals surface area contributed by atoms with E-state index in [0.29, 0.717) is 6.42 Å². The van der Waals surface area contributed by atoms with Crippen molar-refractivity contribution in [3.05, 3.63) is 64.7 Å². The van der Waals surface area contributed by atoms with Crippen molar-refractivity contribution >= 4 is 5.91 Å². The van der Waals surface area contributed by atoms with Crippen LogP contribution in [0.2, 0.25) is 0 Å². The van der Waals surface area contributed by atoms with Gasteiger partial charge in [0.25, 0.3) is 0 Å². The van der Waals surface area contributed by atoms with Crippen LogP contribution in [0.5, 0.6) is 5.75 Å². The van der Waals surface area contributed by atoms with E-state index in [9.17, 15) is 4.79 Å². The Hall–Kier alpha value is -2.33. The first kappa shape index (κ1) is 15.6. The van der Waals surface area contributed by atoms with Crippen LogP contribution in [0, 0.1) is 6.92 Å². The zero-order valence-corrected chi connectivity index (χ0v) is 13.6. The molecular formula is C19H22N2O2. The maximum absolute atomic E-state index is 12.4. The highest BCUT2D eigenvalue weighted by molar-refractivity contribution is 5.79. The summed E-state index contributed by atoms with van der Waals surface area (Å²) in [6, 6.07) is 13.9. The molecule has 1 atom stereocenters. The molecule has 2 N–H and O–H groups in total. The van der Waals surface area contributed by atoms with Crippen LogP contribution < -0.4 is 15.4 Å². The average Bonchev–Trinajstić information content (AvgIpc) is 2.56. The molecular weight excluding hydrogens is 288 g/mol. The molecule has 2 aromatic rings. The summed E-state index contributed by atoms with van der Waals surface area (Å²) < 4.78 is 5.14. The van der Waals surface area contributed by atoms with E-state index < -0.39 is 0 Å². The van der Waals surface area contributed by atoms with Crippen molar-refractivity contribution in [3.8, 4) is 5.75 Å². The lowest BCUT2D eigenvalue weighted by molar-refractivity contribution is -0.121. The minimum absolute atomic E-state index is 0.0331. The molecule has 23 heavy (non-hydrogen) atoms. The Morgan fingerprint density at radius 2 is 2.04 bits per heavy atom. The molecule has 1 heterocycles. The molecule has 0 saturated heterocycles. The monoisotopic (exact) mass is 310 g/mol. The van der Waals surface area contributed by atoms with Gasteiger partial charge in [-0.15, -0.1) is 0 Å². The molecule has 1 unspecified atom stereocenters. The third-order valence-electron chi connectivity index (χ3n) is 4.29. The van der Waals surface area contributed by atoms with Crippen LogP contribution in [0.4, 0.5) is 0 Å². The minimum Gasteiger partial charge on any atom is -0.497 e. The Morgan fingerprint density at radius 3 is 2.78 bits per heavy atom. The number of hydrogen-bond acceptors (Lipinski definition) is 3. The molecule has 4 nitrogen and oxygen atoms in total. The maximum Gasteiger partial charge on any atom is 0.224 e. The molecule has 1 amide bonds. The number of benzene rings is 2. The second-order valence-corrected chi connectivity index (χ2v) is 5.92. The number of carbonyl (C=O) groups excluding carboxylic acids is 1. The van der Waals surface area contributed by atoms with E-state index in [0.717, 1.165) is 24.4 Å². The standard InChI is InChI=1S/C19H22N2O2/c1-13-4-3-5-15-11-20-12-17(19(13)15)21-18(22)10-14-6-8-16(23-2)9-7-14/h3-9,17,20H,10-12H2,1-2H3,(H,21,22). The highest BCUT2D eigenvalue weighted by Gasteiger charge is 2.22. The SMILES string of the molecule is COc1ccc(CC(=O)NC2CNCc3cccc(C)c32)cc1. The van der Waals surface area contributed by atoms with Gasteiger partial charge in [0.15, 0.2) is 0 Å². The molecule has 0 fully saturated rings. The number of ether oxygens (including phenoxy) is 1. The number of amides is 1. The highest BCUT2D eigenvalue weighted by atomic mass is 16.5. The van der Waals surface area contributed by atoms with Gasteiger partial charge in [-0.1, -0.05) is 30.3 Å². The smallest absolute Gasteiger partial charge is 0.224 e. The molecule has 1 aliphatic rings. The van der Waals surface area contributed by atoms with Crippen molar-refractivity contribution in [1.29, 1.82) is 0 Å². The zero-order chi connectivity index (χ0) is 16.2. The van der Waals surface area contributed by atoms with Crippen LogP contribution in [-0.2, 0) is 17.8 Å². The lowest BCUT2D eigenvalue weighted by atomic mass is 9.92. The Balaban J connectivity index is 1.69. The summed E-state index contributed by atoms with van der Waals surface area (Å²) >= 11 is 0. The molecule has 120 valence electrons. The van der Waals surface area contributed by atoms with Crippen LogP contribution in [0.1, 0.15) is 28.3 Å². The topological polar surface area (TPSA) is 50.4 Å². The van der Waals surface area contributed by atoms with Crippen LogP contribution in [0.3, 0.4) is 0 Å². The van der Waals surface area contributed by atoms with E-state index in [1.54, 1.807) is 7.11 Å². The molecule has 0 spiro atoms. The maximum atomic E-state index is 12.4. The molecule has 0 radical (unpaired) electrons. The fraction of sp³-hybridized carbons (Fsp3) is 0.316. The van der Waals surface area contributed by atoms with E-state index in [1.165, 1.54) is 16.7 Å². The first-order valence-corrected chi connectivity index (χ1v) is 7.89. The van der Waals surface area contributed by atoms with Crippen LogP contribution in [-0.4, -0.2) is 19.6 Å². The minimum atomic E-state index is 0.0331. The van der Waals surface area contributed by atoms with Crippen molar-refractivity contribution in [1.82, 2.24) is 10.6 Å². The van der Waals surface area contributed by atoms with Crippen molar-refractivity contribution < 1.29 is 9.53 Å². The molecule has 0 aliphatic carbocycles. The number of methoxy groups -OCH3 is 1. The van der Waals surface area contributed by atoms with E-state index in [4.69, 9.17) is 4.74 Å². The van der Waals surface area contributed by atoms with E-state index in [2.05, 4.69) is 35.8 Å². The first-order chi connectivity index (χ1) is 11.2. The van der Waals surface area contributed by atoms with E-state index in [-0.39, 0.29) is 11.9 Å². The number of fused-ring (bicyclic) bond motifs is 1. The fourth-order valence-corrected chi connectivity index (χ4v) is 3.14. The predicted molar refractivity (Wildman–Crippen MR) is 90.5 cm³/mol. The highest BCUT2D eigenvalue weighted by Crippen LogP contribution is 2.25. The second kappa shape index (κ2) is 6.84. The van der Waals surface area contributed by atoms with Gasteiger partial charge in [0.05, 0.1) is 19.6 Å². The quantitative estimate of drug-likeness (QED) is 0.912. The van der Waals surface area contributed by atoms with Crippen LogP contribution >= 0.6 is 0 Å². The Morgan fingerprint density at radius 1 is 1.26 bits per heavy atom. The van der Waals surface area contributed by atoms with Gasteiger partial charge in [-0.25, -0.2) is 0 Å². The summed E-state index contributed by atoms with van der Waals surface area (Å²) in [5.74, 6) is 0.841. The van der Waals surface area contributed by atoms with Gasteiger partial charge in [-0.2, -0.15) is 0 Å². The van der Waals surface area contributed by atoms with Crippen LogP contribution in [0.15, 0.2) is 42.5 Å². The third-order valence-corrected chi connectivity index (χ3v) is 4.29.